The second kappa shape index (κ2) is 7.79. The Kier molecular flexibility index (Phi) is 6.08. The Morgan fingerprint density at radius 1 is 0.960 bits per heavy atom. The van der Waals surface area contributed by atoms with Gasteiger partial charge in [-0.25, -0.2) is 0 Å². The summed E-state index contributed by atoms with van der Waals surface area (Å²) in [6, 6.07) is 0. The molecule has 0 radical (unpaired) electrons. The summed E-state index contributed by atoms with van der Waals surface area (Å²) in [6.07, 6.45) is 2.89. The number of rotatable bonds is 5. The Labute approximate surface area is 150 Å². The molecule has 6 heteroatoms. The van der Waals surface area contributed by atoms with E-state index in [0.29, 0.717) is 18.4 Å². The van der Waals surface area contributed by atoms with Gasteiger partial charge in [0.05, 0.1) is 24.9 Å². The van der Waals surface area contributed by atoms with E-state index in [1.807, 2.05) is 0 Å². The summed E-state index contributed by atoms with van der Waals surface area (Å²) >= 11 is 0. The SMILES string of the molecule is CC1(C)CC(OC2CCCC2)CC1CC1O[C@H](CO)[C@H](O)[C@H](O)[C@H]1O. The molecule has 3 unspecified atom stereocenters. The summed E-state index contributed by atoms with van der Waals surface area (Å²) < 4.78 is 12.0. The summed E-state index contributed by atoms with van der Waals surface area (Å²) in [7, 11) is 0. The highest BCUT2D eigenvalue weighted by molar-refractivity contribution is 4.97. The fourth-order valence-corrected chi connectivity index (χ4v) is 4.94. The van der Waals surface area contributed by atoms with Gasteiger partial charge in [0.2, 0.25) is 0 Å². The molecule has 3 aliphatic rings. The third kappa shape index (κ3) is 4.20. The van der Waals surface area contributed by atoms with Crippen LogP contribution in [0.4, 0.5) is 0 Å². The van der Waals surface area contributed by atoms with Gasteiger partial charge in [0.15, 0.2) is 0 Å². The minimum atomic E-state index is -1.29. The Hall–Kier alpha value is -0.240. The molecule has 2 saturated carbocycles. The second-order valence-electron chi connectivity index (χ2n) is 8.89. The molecule has 1 saturated heterocycles. The highest BCUT2D eigenvalue weighted by atomic mass is 16.5. The normalized spacial score (nSPS) is 45.1. The van der Waals surface area contributed by atoms with Crippen LogP contribution in [0.3, 0.4) is 0 Å². The van der Waals surface area contributed by atoms with Crippen molar-refractivity contribution >= 4 is 0 Å². The van der Waals surface area contributed by atoms with Crippen LogP contribution in [0, 0.1) is 11.3 Å². The van der Waals surface area contributed by atoms with Gasteiger partial charge in [-0.2, -0.15) is 0 Å². The Balaban J connectivity index is 1.60. The Morgan fingerprint density at radius 3 is 2.24 bits per heavy atom. The standard InChI is InChI=1S/C19H34O6/c1-19(2)9-13(24-12-5-3-4-6-12)7-11(19)8-14-16(21)18(23)17(22)15(10-20)25-14/h11-18,20-23H,3-10H2,1-2H3/t11?,13?,14?,15-,16+,17+,18-/m1/s1. The van der Waals surface area contributed by atoms with Crippen LogP contribution in [0.1, 0.15) is 58.8 Å². The van der Waals surface area contributed by atoms with Gasteiger partial charge >= 0.3 is 0 Å². The molecule has 1 heterocycles. The van der Waals surface area contributed by atoms with Crippen LogP contribution < -0.4 is 0 Å². The van der Waals surface area contributed by atoms with E-state index < -0.39 is 30.5 Å². The zero-order valence-corrected chi connectivity index (χ0v) is 15.4. The number of aliphatic hydroxyl groups is 4. The summed E-state index contributed by atoms with van der Waals surface area (Å²) in [6.45, 7) is 4.07. The molecule has 0 aromatic rings. The van der Waals surface area contributed by atoms with Crippen LogP contribution in [0.15, 0.2) is 0 Å². The van der Waals surface area contributed by atoms with Crippen LogP contribution in [0.2, 0.25) is 0 Å². The fraction of sp³-hybridized carbons (Fsp3) is 1.00. The maximum atomic E-state index is 10.3. The van der Waals surface area contributed by atoms with Crippen molar-refractivity contribution in [3.63, 3.8) is 0 Å². The number of hydrogen-bond donors (Lipinski definition) is 4. The van der Waals surface area contributed by atoms with Gasteiger partial charge in [-0.1, -0.05) is 26.7 Å². The molecule has 7 atom stereocenters. The molecule has 3 rings (SSSR count). The molecule has 0 bridgehead atoms. The molecule has 0 amide bonds. The molecule has 0 spiro atoms. The van der Waals surface area contributed by atoms with E-state index in [0.717, 1.165) is 25.7 Å². The fourth-order valence-electron chi connectivity index (χ4n) is 4.94. The number of aliphatic hydroxyl groups excluding tert-OH is 4. The lowest BCUT2D eigenvalue weighted by Crippen LogP contribution is -2.58. The average molecular weight is 358 g/mol. The van der Waals surface area contributed by atoms with Crippen molar-refractivity contribution in [1.29, 1.82) is 0 Å². The third-order valence-corrected chi connectivity index (χ3v) is 6.60. The van der Waals surface area contributed by atoms with Crippen molar-refractivity contribution in [3.8, 4) is 0 Å². The topological polar surface area (TPSA) is 99.4 Å². The van der Waals surface area contributed by atoms with E-state index in [1.54, 1.807) is 0 Å². The van der Waals surface area contributed by atoms with Crippen LogP contribution >= 0.6 is 0 Å². The molecular formula is C19H34O6. The Morgan fingerprint density at radius 2 is 1.60 bits per heavy atom. The van der Waals surface area contributed by atoms with Gasteiger partial charge in [-0.05, 0) is 43.4 Å². The number of hydrogen-bond acceptors (Lipinski definition) is 6. The highest BCUT2D eigenvalue weighted by Crippen LogP contribution is 2.48. The van der Waals surface area contributed by atoms with E-state index in [-0.39, 0.29) is 18.1 Å². The smallest absolute Gasteiger partial charge is 0.111 e. The molecule has 0 aromatic carbocycles. The zero-order valence-electron chi connectivity index (χ0n) is 15.4. The minimum absolute atomic E-state index is 0.0715. The summed E-state index contributed by atoms with van der Waals surface area (Å²) in [5, 5.41) is 39.6. The predicted molar refractivity (Wildman–Crippen MR) is 92.0 cm³/mol. The Bertz CT molecular complexity index is 434. The predicted octanol–water partition coefficient (Wildman–Crippen LogP) is 0.983. The summed E-state index contributed by atoms with van der Waals surface area (Å²) in [5.74, 6) is 0.306. The van der Waals surface area contributed by atoms with Gasteiger partial charge < -0.3 is 29.9 Å². The molecular weight excluding hydrogens is 324 g/mol. The lowest BCUT2D eigenvalue weighted by molar-refractivity contribution is -0.233. The second-order valence-corrected chi connectivity index (χ2v) is 8.89. The molecule has 4 N–H and O–H groups in total. The van der Waals surface area contributed by atoms with Crippen molar-refractivity contribution in [1.82, 2.24) is 0 Å². The zero-order chi connectivity index (χ0) is 18.2. The van der Waals surface area contributed by atoms with E-state index in [4.69, 9.17) is 9.47 Å². The number of ether oxygens (including phenoxy) is 2. The van der Waals surface area contributed by atoms with E-state index in [1.165, 1.54) is 12.8 Å². The van der Waals surface area contributed by atoms with Crippen LogP contribution in [0.25, 0.3) is 0 Å². The first-order chi connectivity index (χ1) is 11.8. The molecule has 25 heavy (non-hydrogen) atoms. The van der Waals surface area contributed by atoms with E-state index in [9.17, 15) is 20.4 Å². The maximum absolute atomic E-state index is 10.3. The van der Waals surface area contributed by atoms with Crippen molar-refractivity contribution in [3.05, 3.63) is 0 Å². The van der Waals surface area contributed by atoms with Crippen molar-refractivity contribution in [2.45, 2.75) is 102 Å². The van der Waals surface area contributed by atoms with Gasteiger partial charge in [0.25, 0.3) is 0 Å². The highest BCUT2D eigenvalue weighted by Gasteiger charge is 2.48. The first-order valence-electron chi connectivity index (χ1n) is 9.78. The molecule has 146 valence electrons. The first-order valence-corrected chi connectivity index (χ1v) is 9.78. The summed E-state index contributed by atoms with van der Waals surface area (Å²) in [4.78, 5) is 0. The van der Waals surface area contributed by atoms with Crippen LogP contribution in [0.5, 0.6) is 0 Å². The van der Waals surface area contributed by atoms with Crippen LogP contribution in [-0.2, 0) is 9.47 Å². The van der Waals surface area contributed by atoms with E-state index >= 15 is 0 Å². The lowest BCUT2D eigenvalue weighted by Gasteiger charge is -2.42. The van der Waals surface area contributed by atoms with Crippen molar-refractivity contribution < 1.29 is 29.9 Å². The third-order valence-electron chi connectivity index (χ3n) is 6.60. The quantitative estimate of drug-likeness (QED) is 0.585. The van der Waals surface area contributed by atoms with Gasteiger partial charge in [-0.15, -0.1) is 0 Å². The molecule has 1 aliphatic heterocycles. The monoisotopic (exact) mass is 358 g/mol. The van der Waals surface area contributed by atoms with Crippen molar-refractivity contribution in [2.75, 3.05) is 6.61 Å². The maximum Gasteiger partial charge on any atom is 0.111 e. The molecule has 0 aromatic heterocycles. The van der Waals surface area contributed by atoms with Gasteiger partial charge in [0, 0.05) is 0 Å². The van der Waals surface area contributed by atoms with Crippen LogP contribution in [-0.4, -0.2) is 69.8 Å². The largest absolute Gasteiger partial charge is 0.394 e. The van der Waals surface area contributed by atoms with E-state index in [2.05, 4.69) is 13.8 Å². The minimum Gasteiger partial charge on any atom is -0.394 e. The van der Waals surface area contributed by atoms with Crippen molar-refractivity contribution in [2.24, 2.45) is 11.3 Å². The molecule has 2 aliphatic carbocycles. The van der Waals surface area contributed by atoms with Gasteiger partial charge in [-0.3, -0.25) is 0 Å². The lowest BCUT2D eigenvalue weighted by atomic mass is 9.77. The first kappa shape index (κ1) is 19.5. The summed E-state index contributed by atoms with van der Waals surface area (Å²) in [5.41, 5.74) is 0.0715. The average Bonchev–Trinajstić information content (AvgIpc) is 3.16. The molecule has 3 fully saturated rings. The van der Waals surface area contributed by atoms with Gasteiger partial charge in [0.1, 0.15) is 24.4 Å². The molecule has 6 nitrogen and oxygen atoms in total.